The maximum Gasteiger partial charge on any atom is 0.253 e. The quantitative estimate of drug-likeness (QED) is 0.839. The molecule has 1 aromatic rings. The van der Waals surface area contributed by atoms with Gasteiger partial charge in [0.05, 0.1) is 4.90 Å². The number of sulfonamides is 1. The molecule has 0 spiro atoms. The summed E-state index contributed by atoms with van der Waals surface area (Å²) in [5.74, 6) is 0.610. The van der Waals surface area contributed by atoms with Gasteiger partial charge in [0.15, 0.2) is 0 Å². The monoisotopic (exact) mass is 350 g/mol. The van der Waals surface area contributed by atoms with Crippen molar-refractivity contribution in [3.63, 3.8) is 0 Å². The summed E-state index contributed by atoms with van der Waals surface area (Å²) in [4.78, 5) is 14.4. The Bertz CT molecular complexity index is 718. The van der Waals surface area contributed by atoms with Crippen LogP contribution in [0.25, 0.3) is 0 Å². The summed E-state index contributed by atoms with van der Waals surface area (Å²) < 4.78 is 27.5. The Labute approximate surface area is 144 Å². The molecule has 6 heteroatoms. The van der Waals surface area contributed by atoms with Gasteiger partial charge in [0, 0.05) is 31.7 Å². The fourth-order valence-electron chi connectivity index (χ4n) is 3.57. The molecule has 0 bridgehead atoms. The van der Waals surface area contributed by atoms with Crippen LogP contribution in [-0.2, 0) is 10.0 Å². The number of hydrogen-bond donors (Lipinski definition) is 0. The fraction of sp³-hybridized carbons (Fsp3) is 0.611. The normalized spacial score (nSPS) is 25.5. The molecular formula is C18H26N2O3S. The first-order valence-corrected chi connectivity index (χ1v) is 10.1. The molecule has 2 aliphatic rings. The van der Waals surface area contributed by atoms with E-state index in [0.717, 1.165) is 19.3 Å². The van der Waals surface area contributed by atoms with E-state index in [9.17, 15) is 13.2 Å². The number of piperidine rings is 1. The summed E-state index contributed by atoms with van der Waals surface area (Å²) in [7, 11) is -1.76. The van der Waals surface area contributed by atoms with Crippen LogP contribution in [0.1, 0.15) is 43.5 Å². The molecular weight excluding hydrogens is 324 g/mol. The number of carbonyl (C=O) groups excluding carboxylic acids is 1. The van der Waals surface area contributed by atoms with E-state index in [4.69, 9.17) is 0 Å². The van der Waals surface area contributed by atoms with Gasteiger partial charge in [-0.1, -0.05) is 19.9 Å². The van der Waals surface area contributed by atoms with Crippen LogP contribution in [0.2, 0.25) is 0 Å². The highest BCUT2D eigenvalue weighted by atomic mass is 32.2. The van der Waals surface area contributed by atoms with Crippen LogP contribution in [0.3, 0.4) is 0 Å². The second-order valence-corrected chi connectivity index (χ2v) is 9.38. The summed E-state index contributed by atoms with van der Waals surface area (Å²) in [6.45, 7) is 5.27. The zero-order valence-corrected chi connectivity index (χ0v) is 15.4. The highest BCUT2D eigenvalue weighted by Crippen LogP contribution is 2.29. The predicted octanol–water partition coefficient (Wildman–Crippen LogP) is 2.59. The van der Waals surface area contributed by atoms with E-state index in [1.54, 1.807) is 34.5 Å². The third kappa shape index (κ3) is 3.49. The first kappa shape index (κ1) is 17.4. The molecule has 0 N–H and O–H groups in total. The number of hydrogen-bond acceptors (Lipinski definition) is 3. The Hall–Kier alpha value is -1.40. The fourth-order valence-corrected chi connectivity index (χ4v) is 5.30. The highest BCUT2D eigenvalue weighted by molar-refractivity contribution is 7.89. The van der Waals surface area contributed by atoms with Gasteiger partial charge in [-0.05, 0) is 49.3 Å². The molecule has 1 saturated carbocycles. The molecule has 0 aromatic heterocycles. The molecule has 2 fully saturated rings. The number of benzene rings is 1. The Balaban J connectivity index is 1.85. The molecule has 1 aliphatic carbocycles. The number of rotatable bonds is 4. The predicted molar refractivity (Wildman–Crippen MR) is 93.3 cm³/mol. The Morgan fingerprint density at radius 2 is 1.79 bits per heavy atom. The SMILES string of the molecule is C[C@@H]1C[C@@H](C)CN(S(=O)(=O)c2cccc(C(=O)N(C)C3CC3)c2)C1. The van der Waals surface area contributed by atoms with Gasteiger partial charge in [-0.3, -0.25) is 4.79 Å². The van der Waals surface area contributed by atoms with Crippen LogP contribution in [-0.4, -0.2) is 49.7 Å². The topological polar surface area (TPSA) is 57.7 Å². The minimum atomic E-state index is -3.55. The molecule has 0 unspecified atom stereocenters. The number of amides is 1. The lowest BCUT2D eigenvalue weighted by molar-refractivity contribution is 0.0785. The summed E-state index contributed by atoms with van der Waals surface area (Å²) >= 11 is 0. The van der Waals surface area contributed by atoms with E-state index >= 15 is 0 Å². The maximum absolute atomic E-state index is 13.0. The van der Waals surface area contributed by atoms with Crippen molar-refractivity contribution in [2.24, 2.45) is 11.8 Å². The van der Waals surface area contributed by atoms with Crippen molar-refractivity contribution in [3.05, 3.63) is 29.8 Å². The maximum atomic E-state index is 13.0. The van der Waals surface area contributed by atoms with Crippen LogP contribution >= 0.6 is 0 Å². The van der Waals surface area contributed by atoms with Gasteiger partial charge in [0.2, 0.25) is 10.0 Å². The lowest BCUT2D eigenvalue weighted by Crippen LogP contribution is -2.42. The second-order valence-electron chi connectivity index (χ2n) is 7.44. The van der Waals surface area contributed by atoms with Crippen molar-refractivity contribution in [1.29, 1.82) is 0 Å². The van der Waals surface area contributed by atoms with E-state index in [1.165, 1.54) is 6.07 Å². The average molecular weight is 350 g/mol. The summed E-state index contributed by atoms with van der Waals surface area (Å²) in [6, 6.07) is 6.79. The lowest BCUT2D eigenvalue weighted by atomic mass is 9.94. The molecule has 24 heavy (non-hydrogen) atoms. The zero-order chi connectivity index (χ0) is 17.5. The van der Waals surface area contributed by atoms with Crippen LogP contribution in [0.5, 0.6) is 0 Å². The van der Waals surface area contributed by atoms with Crippen molar-refractivity contribution >= 4 is 15.9 Å². The minimum Gasteiger partial charge on any atom is -0.339 e. The molecule has 132 valence electrons. The third-order valence-corrected chi connectivity index (χ3v) is 6.80. The Morgan fingerprint density at radius 1 is 1.17 bits per heavy atom. The summed E-state index contributed by atoms with van der Waals surface area (Å²) in [6.07, 6.45) is 3.12. The van der Waals surface area contributed by atoms with E-state index in [2.05, 4.69) is 13.8 Å². The number of carbonyl (C=O) groups is 1. The van der Waals surface area contributed by atoms with Gasteiger partial charge in [0.25, 0.3) is 5.91 Å². The van der Waals surface area contributed by atoms with Crippen molar-refractivity contribution in [2.75, 3.05) is 20.1 Å². The molecule has 1 amide bonds. The molecule has 0 radical (unpaired) electrons. The molecule has 1 saturated heterocycles. The molecule has 2 atom stereocenters. The van der Waals surface area contributed by atoms with E-state index in [-0.39, 0.29) is 10.8 Å². The van der Waals surface area contributed by atoms with Crippen molar-refractivity contribution in [2.45, 2.75) is 44.0 Å². The highest BCUT2D eigenvalue weighted by Gasteiger charge is 2.33. The standard InChI is InChI=1S/C18H26N2O3S/c1-13-9-14(2)12-20(11-13)24(22,23)17-6-4-5-15(10-17)18(21)19(3)16-7-8-16/h4-6,10,13-14,16H,7-9,11-12H2,1-3H3/t13-,14-/m1/s1. The summed E-state index contributed by atoms with van der Waals surface area (Å²) in [5.41, 5.74) is 0.448. The van der Waals surface area contributed by atoms with E-state index in [1.807, 2.05) is 0 Å². The lowest BCUT2D eigenvalue weighted by Gasteiger charge is -2.34. The largest absolute Gasteiger partial charge is 0.339 e. The van der Waals surface area contributed by atoms with Gasteiger partial charge in [0.1, 0.15) is 0 Å². The first-order valence-electron chi connectivity index (χ1n) is 8.66. The van der Waals surface area contributed by atoms with Crippen LogP contribution < -0.4 is 0 Å². The minimum absolute atomic E-state index is 0.102. The zero-order valence-electron chi connectivity index (χ0n) is 14.6. The van der Waals surface area contributed by atoms with Gasteiger partial charge >= 0.3 is 0 Å². The summed E-state index contributed by atoms with van der Waals surface area (Å²) in [5, 5.41) is 0. The van der Waals surface area contributed by atoms with E-state index in [0.29, 0.717) is 36.5 Å². The second kappa shape index (κ2) is 6.48. The van der Waals surface area contributed by atoms with Crippen LogP contribution in [0.4, 0.5) is 0 Å². The molecule has 1 aliphatic heterocycles. The smallest absolute Gasteiger partial charge is 0.253 e. The third-order valence-electron chi connectivity index (χ3n) is 4.97. The Kier molecular flexibility index (Phi) is 4.71. The van der Waals surface area contributed by atoms with Gasteiger partial charge in [-0.2, -0.15) is 4.31 Å². The van der Waals surface area contributed by atoms with Gasteiger partial charge in [-0.25, -0.2) is 8.42 Å². The molecule has 1 heterocycles. The van der Waals surface area contributed by atoms with Crippen molar-refractivity contribution in [1.82, 2.24) is 9.21 Å². The van der Waals surface area contributed by atoms with E-state index < -0.39 is 10.0 Å². The Morgan fingerprint density at radius 3 is 2.38 bits per heavy atom. The van der Waals surface area contributed by atoms with Gasteiger partial charge < -0.3 is 4.90 Å². The molecule has 1 aromatic carbocycles. The molecule has 5 nitrogen and oxygen atoms in total. The average Bonchev–Trinajstić information content (AvgIpc) is 3.37. The number of nitrogens with zero attached hydrogens (tertiary/aromatic N) is 2. The van der Waals surface area contributed by atoms with Crippen LogP contribution in [0.15, 0.2) is 29.2 Å². The van der Waals surface area contributed by atoms with Crippen molar-refractivity contribution in [3.8, 4) is 0 Å². The van der Waals surface area contributed by atoms with Gasteiger partial charge in [-0.15, -0.1) is 0 Å². The van der Waals surface area contributed by atoms with Crippen LogP contribution in [0, 0.1) is 11.8 Å². The van der Waals surface area contributed by atoms with Crippen molar-refractivity contribution < 1.29 is 13.2 Å². The first-order chi connectivity index (χ1) is 11.3. The molecule has 3 rings (SSSR count).